The molecule has 0 aliphatic rings. The lowest BCUT2D eigenvalue weighted by Gasteiger charge is -2.11. The summed E-state index contributed by atoms with van der Waals surface area (Å²) in [6.07, 6.45) is 1.72. The maximum atomic E-state index is 11.0. The van der Waals surface area contributed by atoms with Crippen LogP contribution in [-0.4, -0.2) is 23.6 Å². The van der Waals surface area contributed by atoms with Gasteiger partial charge in [-0.15, -0.1) is 5.92 Å². The summed E-state index contributed by atoms with van der Waals surface area (Å²) in [5.41, 5.74) is 2.69. The van der Waals surface area contributed by atoms with Crippen LogP contribution in [0.2, 0.25) is 0 Å². The van der Waals surface area contributed by atoms with Gasteiger partial charge in [0.15, 0.2) is 0 Å². The predicted octanol–water partition coefficient (Wildman–Crippen LogP) is 4.90. The van der Waals surface area contributed by atoms with Gasteiger partial charge in [-0.25, -0.2) is 0 Å². The molecule has 0 radical (unpaired) electrons. The first kappa shape index (κ1) is 21.8. The van der Waals surface area contributed by atoms with E-state index in [0.29, 0.717) is 23.7 Å². The Balaban J connectivity index is 1.90. The van der Waals surface area contributed by atoms with Crippen LogP contribution >= 0.6 is 0 Å². The number of carboxylic acid groups (broad SMARTS) is 1. The average molecular weight is 391 g/mol. The highest BCUT2D eigenvalue weighted by Crippen LogP contribution is 2.22. The number of nitrogens with one attached hydrogen (secondary N) is 1. The van der Waals surface area contributed by atoms with Crippen molar-refractivity contribution in [1.82, 2.24) is 0 Å². The maximum Gasteiger partial charge on any atom is 0.304 e. The molecule has 5 heteroatoms. The van der Waals surface area contributed by atoms with E-state index in [4.69, 9.17) is 20.0 Å². The van der Waals surface area contributed by atoms with Crippen LogP contribution in [0.3, 0.4) is 0 Å². The molecule has 0 aromatic heterocycles. The van der Waals surface area contributed by atoms with E-state index in [2.05, 4.69) is 11.8 Å². The fourth-order valence-electron chi connectivity index (χ4n) is 2.62. The van der Waals surface area contributed by atoms with Crippen molar-refractivity contribution in [3.05, 3.63) is 77.1 Å². The lowest BCUT2D eigenvalue weighted by Crippen LogP contribution is -2.05. The molecule has 1 atom stereocenters. The van der Waals surface area contributed by atoms with E-state index in [-0.39, 0.29) is 18.2 Å². The van der Waals surface area contributed by atoms with Crippen molar-refractivity contribution in [1.29, 1.82) is 5.41 Å². The van der Waals surface area contributed by atoms with Crippen molar-refractivity contribution in [3.8, 4) is 17.6 Å². The summed E-state index contributed by atoms with van der Waals surface area (Å²) in [5.74, 6) is 5.81. The van der Waals surface area contributed by atoms with Crippen LogP contribution in [0.1, 0.15) is 42.9 Å². The van der Waals surface area contributed by atoms with Gasteiger partial charge in [0.05, 0.1) is 12.3 Å². The first-order chi connectivity index (χ1) is 13.9. The van der Waals surface area contributed by atoms with E-state index >= 15 is 0 Å². The van der Waals surface area contributed by atoms with Crippen molar-refractivity contribution in [2.24, 2.45) is 0 Å². The van der Waals surface area contributed by atoms with Gasteiger partial charge in [0.25, 0.3) is 0 Å². The molecular formula is C24H25NO4. The summed E-state index contributed by atoms with van der Waals surface area (Å²) in [6, 6.07) is 14.8. The lowest BCUT2D eigenvalue weighted by atomic mass is 9.96. The Labute approximate surface area is 171 Å². The molecule has 0 spiro atoms. The Bertz CT molecular complexity index is 932. The van der Waals surface area contributed by atoms with Gasteiger partial charge in [-0.05, 0) is 56.7 Å². The van der Waals surface area contributed by atoms with Crippen LogP contribution in [0, 0.1) is 24.2 Å². The summed E-state index contributed by atoms with van der Waals surface area (Å²) in [6.45, 7) is 5.75. The molecular weight excluding hydrogens is 366 g/mol. The molecule has 2 aromatic rings. The first-order valence-electron chi connectivity index (χ1n) is 9.26. The number of hydrogen-bond donors (Lipinski definition) is 2. The van der Waals surface area contributed by atoms with Crippen LogP contribution in [-0.2, 0) is 9.53 Å². The van der Waals surface area contributed by atoms with Crippen LogP contribution in [0.15, 0.2) is 60.4 Å². The molecule has 0 aliphatic carbocycles. The van der Waals surface area contributed by atoms with Gasteiger partial charge < -0.3 is 14.6 Å². The third-order valence-corrected chi connectivity index (χ3v) is 4.18. The fraction of sp³-hybridized carbons (Fsp3) is 0.250. The molecule has 150 valence electrons. The van der Waals surface area contributed by atoms with Crippen LogP contribution in [0.25, 0.3) is 0 Å². The highest BCUT2D eigenvalue weighted by molar-refractivity contribution is 5.92. The molecule has 1 unspecified atom stereocenters. The quantitative estimate of drug-likeness (QED) is 0.290. The smallest absolute Gasteiger partial charge is 0.304 e. The zero-order chi connectivity index (χ0) is 21.2. The fourth-order valence-corrected chi connectivity index (χ4v) is 2.62. The molecule has 0 amide bonds. The van der Waals surface area contributed by atoms with E-state index < -0.39 is 5.97 Å². The van der Waals surface area contributed by atoms with Crippen molar-refractivity contribution in [2.75, 3.05) is 6.61 Å². The molecule has 2 aromatic carbocycles. The van der Waals surface area contributed by atoms with Gasteiger partial charge in [-0.2, -0.15) is 0 Å². The molecule has 0 aliphatic heterocycles. The largest absolute Gasteiger partial charge is 0.489 e. The minimum atomic E-state index is -0.880. The molecule has 0 bridgehead atoms. The highest BCUT2D eigenvalue weighted by Gasteiger charge is 2.13. The number of aryl methyl sites for hydroxylation is 1. The molecule has 2 rings (SSSR count). The molecule has 29 heavy (non-hydrogen) atoms. The Kier molecular flexibility index (Phi) is 8.05. The van der Waals surface area contributed by atoms with Gasteiger partial charge >= 0.3 is 5.97 Å². The predicted molar refractivity (Wildman–Crippen MR) is 113 cm³/mol. The van der Waals surface area contributed by atoms with E-state index in [1.165, 1.54) is 0 Å². The summed E-state index contributed by atoms with van der Waals surface area (Å²) in [5, 5.41) is 17.0. The second-order valence-electron chi connectivity index (χ2n) is 6.54. The first-order valence-corrected chi connectivity index (χ1v) is 9.26. The molecule has 0 saturated heterocycles. The number of allylic oxidation sites excluding steroid dienone is 1. The van der Waals surface area contributed by atoms with Crippen molar-refractivity contribution >= 4 is 11.9 Å². The summed E-state index contributed by atoms with van der Waals surface area (Å²) in [4.78, 5) is 11.0. The Hall–Kier alpha value is -3.52. The van der Waals surface area contributed by atoms with Crippen molar-refractivity contribution < 1.29 is 19.4 Å². The van der Waals surface area contributed by atoms with Crippen molar-refractivity contribution in [3.63, 3.8) is 0 Å². The third kappa shape index (κ3) is 7.19. The van der Waals surface area contributed by atoms with E-state index in [1.54, 1.807) is 32.1 Å². The molecule has 2 N–H and O–H groups in total. The number of rotatable bonds is 8. The molecule has 0 saturated carbocycles. The van der Waals surface area contributed by atoms with Crippen molar-refractivity contribution in [2.45, 2.75) is 33.1 Å². The Morgan fingerprint density at radius 2 is 1.83 bits per heavy atom. The third-order valence-electron chi connectivity index (χ3n) is 4.18. The normalized spacial score (nSPS) is 11.8. The number of hydrogen-bond acceptors (Lipinski definition) is 4. The minimum absolute atomic E-state index is 0.0345. The van der Waals surface area contributed by atoms with Crippen LogP contribution < -0.4 is 4.74 Å². The second kappa shape index (κ2) is 10.7. The molecule has 0 fully saturated rings. The van der Waals surface area contributed by atoms with E-state index in [0.717, 1.165) is 11.1 Å². The summed E-state index contributed by atoms with van der Waals surface area (Å²) in [7, 11) is 0. The number of carbonyl (C=O) groups is 1. The number of benzene rings is 2. The van der Waals surface area contributed by atoms with Gasteiger partial charge in [0.2, 0.25) is 5.90 Å². The molecule has 5 nitrogen and oxygen atoms in total. The minimum Gasteiger partial charge on any atom is -0.489 e. The topological polar surface area (TPSA) is 79.6 Å². The average Bonchev–Trinajstić information content (AvgIpc) is 2.68. The zero-order valence-electron chi connectivity index (χ0n) is 16.9. The van der Waals surface area contributed by atoms with Gasteiger partial charge in [0, 0.05) is 5.56 Å². The SMILES string of the molecule is CC#CC(CC(=O)O)c1ccc(OC/C=C(\C)OC(=N)c2ccc(C)cc2)cc1. The van der Waals surface area contributed by atoms with Gasteiger partial charge in [0.1, 0.15) is 18.1 Å². The van der Waals surface area contributed by atoms with Crippen LogP contribution in [0.4, 0.5) is 0 Å². The number of carboxylic acids is 1. The zero-order valence-corrected chi connectivity index (χ0v) is 16.9. The highest BCUT2D eigenvalue weighted by atomic mass is 16.5. The van der Waals surface area contributed by atoms with Gasteiger partial charge in [-0.1, -0.05) is 35.7 Å². The summed E-state index contributed by atoms with van der Waals surface area (Å²) >= 11 is 0. The lowest BCUT2D eigenvalue weighted by molar-refractivity contribution is -0.137. The molecule has 0 heterocycles. The van der Waals surface area contributed by atoms with E-state index in [9.17, 15) is 4.79 Å². The van der Waals surface area contributed by atoms with Gasteiger partial charge in [-0.3, -0.25) is 10.2 Å². The Morgan fingerprint density at radius 1 is 1.17 bits per heavy atom. The maximum absolute atomic E-state index is 11.0. The van der Waals surface area contributed by atoms with E-state index in [1.807, 2.05) is 43.3 Å². The second-order valence-corrected chi connectivity index (χ2v) is 6.54. The summed E-state index contributed by atoms with van der Waals surface area (Å²) < 4.78 is 11.2. The standard InChI is InChI=1S/C24H25NO4/c1-4-5-21(16-23(26)27)19-10-12-22(13-11-19)28-15-14-18(3)29-24(25)20-8-6-17(2)7-9-20/h6-14,21,25H,15-16H2,1-3H3,(H,26,27)/b18-14+,25-24?. The number of aliphatic carboxylic acids is 1. The monoisotopic (exact) mass is 391 g/mol. The van der Waals surface area contributed by atoms with Crippen LogP contribution in [0.5, 0.6) is 5.75 Å². The number of ether oxygens (including phenoxy) is 2. The Morgan fingerprint density at radius 3 is 2.41 bits per heavy atom.